The van der Waals surface area contributed by atoms with Crippen LogP contribution in [0.1, 0.15) is 284 Å². The Labute approximate surface area is 397 Å². The van der Waals surface area contributed by atoms with E-state index in [0.717, 1.165) is 70.6 Å². The van der Waals surface area contributed by atoms with Crippen LogP contribution in [-0.2, 0) is 28.6 Å². The van der Waals surface area contributed by atoms with Gasteiger partial charge in [-0.2, -0.15) is 0 Å². The Morgan fingerprint density at radius 3 is 1.03 bits per heavy atom. The van der Waals surface area contributed by atoms with E-state index in [9.17, 15) is 14.4 Å². The van der Waals surface area contributed by atoms with Crippen LogP contribution in [-0.4, -0.2) is 37.2 Å². The number of hydrogen-bond donors (Lipinski definition) is 0. The second kappa shape index (κ2) is 53.0. The van der Waals surface area contributed by atoms with Crippen molar-refractivity contribution < 1.29 is 28.6 Å². The number of esters is 3. The molecule has 0 rings (SSSR count). The van der Waals surface area contributed by atoms with E-state index in [4.69, 9.17) is 14.2 Å². The number of carbonyl (C=O) groups is 3. The monoisotopic (exact) mass is 897 g/mol. The van der Waals surface area contributed by atoms with Gasteiger partial charge in [-0.3, -0.25) is 14.4 Å². The van der Waals surface area contributed by atoms with Gasteiger partial charge in [0, 0.05) is 19.3 Å². The van der Waals surface area contributed by atoms with Gasteiger partial charge in [-0.05, 0) is 64.2 Å². The summed E-state index contributed by atoms with van der Waals surface area (Å²) in [7, 11) is 0. The molecular weight excluding hydrogens is 793 g/mol. The van der Waals surface area contributed by atoms with Gasteiger partial charge in [-0.15, -0.1) is 0 Å². The molecule has 1 atom stereocenters. The highest BCUT2D eigenvalue weighted by atomic mass is 16.6. The maximum Gasteiger partial charge on any atom is 0.306 e. The standard InChI is InChI=1S/C58H104O6/c1-4-7-10-13-16-19-22-25-27-28-29-30-31-34-36-39-42-45-48-51-57(60)63-54-55(53-62-56(59)50-47-44-41-38-35-32-24-21-18-15-12-9-6-3)64-58(61)52-49-46-43-40-37-33-26-23-20-17-14-11-8-5-2/h8,11,17,20,32,35,41,44,55H,4-7,9-10,12-16,18-19,21-31,33-34,36-40,42-43,45-54H2,1-3H3/b11-8+,20-17+,35-32+,44-41+. The number of unbranched alkanes of at least 4 members (excludes halogenated alkanes) is 31. The van der Waals surface area contributed by atoms with Crippen molar-refractivity contribution in [1.82, 2.24) is 0 Å². The van der Waals surface area contributed by atoms with Gasteiger partial charge in [0.15, 0.2) is 6.10 Å². The zero-order chi connectivity index (χ0) is 46.5. The van der Waals surface area contributed by atoms with Crippen molar-refractivity contribution in [3.8, 4) is 0 Å². The first-order valence-corrected chi connectivity index (χ1v) is 27.6. The summed E-state index contributed by atoms with van der Waals surface area (Å²) in [6.45, 7) is 6.50. The topological polar surface area (TPSA) is 78.9 Å². The number of rotatable bonds is 50. The average Bonchev–Trinajstić information content (AvgIpc) is 3.29. The molecule has 0 aromatic heterocycles. The van der Waals surface area contributed by atoms with Crippen molar-refractivity contribution in [2.45, 2.75) is 290 Å². The van der Waals surface area contributed by atoms with Crippen molar-refractivity contribution in [3.05, 3.63) is 48.6 Å². The predicted octanol–water partition coefficient (Wildman–Crippen LogP) is 18.3. The van der Waals surface area contributed by atoms with Gasteiger partial charge >= 0.3 is 17.9 Å². The van der Waals surface area contributed by atoms with Crippen LogP contribution in [0.5, 0.6) is 0 Å². The molecule has 0 aliphatic heterocycles. The van der Waals surface area contributed by atoms with E-state index in [2.05, 4.69) is 63.3 Å². The Balaban J connectivity index is 4.36. The van der Waals surface area contributed by atoms with Gasteiger partial charge in [0.05, 0.1) is 0 Å². The molecule has 0 aromatic carbocycles. The third kappa shape index (κ3) is 50.4. The van der Waals surface area contributed by atoms with Crippen LogP contribution in [0.25, 0.3) is 0 Å². The first-order valence-electron chi connectivity index (χ1n) is 27.6. The maximum atomic E-state index is 12.8. The molecule has 372 valence electrons. The summed E-state index contributed by atoms with van der Waals surface area (Å²) < 4.78 is 16.8. The molecule has 0 spiro atoms. The first kappa shape index (κ1) is 61.4. The van der Waals surface area contributed by atoms with Crippen LogP contribution >= 0.6 is 0 Å². The highest BCUT2D eigenvalue weighted by Crippen LogP contribution is 2.16. The van der Waals surface area contributed by atoms with Crippen molar-refractivity contribution in [2.75, 3.05) is 13.2 Å². The SMILES string of the molecule is CC/C=C/C/C=C/CCCCCCCCCC(=O)OC(COC(=O)CC/C=C/C/C=C/CCCCCCCC)COC(=O)CCCCCCCCCCCCCCCCCCCCC. The summed E-state index contributed by atoms with van der Waals surface area (Å²) in [5.41, 5.74) is 0. The van der Waals surface area contributed by atoms with E-state index >= 15 is 0 Å². The van der Waals surface area contributed by atoms with Crippen LogP contribution in [0.2, 0.25) is 0 Å². The smallest absolute Gasteiger partial charge is 0.306 e. The molecule has 0 heterocycles. The van der Waals surface area contributed by atoms with Gasteiger partial charge in [-0.25, -0.2) is 0 Å². The lowest BCUT2D eigenvalue weighted by atomic mass is 10.0. The second-order valence-electron chi connectivity index (χ2n) is 18.5. The van der Waals surface area contributed by atoms with Gasteiger partial charge < -0.3 is 14.2 Å². The van der Waals surface area contributed by atoms with E-state index in [1.54, 1.807) is 0 Å². The minimum Gasteiger partial charge on any atom is -0.462 e. The fourth-order valence-corrected chi connectivity index (χ4v) is 7.95. The van der Waals surface area contributed by atoms with Gasteiger partial charge in [-0.1, -0.05) is 249 Å². The molecule has 0 aromatic rings. The normalized spacial score (nSPS) is 12.4. The predicted molar refractivity (Wildman–Crippen MR) is 275 cm³/mol. The Morgan fingerprint density at radius 1 is 0.328 bits per heavy atom. The lowest BCUT2D eigenvalue weighted by Crippen LogP contribution is -2.30. The molecule has 0 aliphatic rings. The zero-order valence-electron chi connectivity index (χ0n) is 42.6. The second-order valence-corrected chi connectivity index (χ2v) is 18.5. The maximum absolute atomic E-state index is 12.8. The first-order chi connectivity index (χ1) is 31.5. The van der Waals surface area contributed by atoms with Crippen molar-refractivity contribution in [3.63, 3.8) is 0 Å². The molecule has 0 amide bonds. The average molecular weight is 897 g/mol. The molecule has 0 saturated carbocycles. The highest BCUT2D eigenvalue weighted by molar-refractivity contribution is 5.71. The molecule has 64 heavy (non-hydrogen) atoms. The van der Waals surface area contributed by atoms with Crippen LogP contribution in [0.3, 0.4) is 0 Å². The Bertz CT molecular complexity index is 1120. The molecular formula is C58H104O6. The third-order valence-electron chi connectivity index (χ3n) is 12.1. The van der Waals surface area contributed by atoms with Crippen molar-refractivity contribution >= 4 is 17.9 Å². The molecule has 0 fully saturated rings. The van der Waals surface area contributed by atoms with E-state index in [0.29, 0.717) is 19.3 Å². The fourth-order valence-electron chi connectivity index (χ4n) is 7.95. The largest absolute Gasteiger partial charge is 0.462 e. The Morgan fingerprint density at radius 2 is 0.641 bits per heavy atom. The van der Waals surface area contributed by atoms with E-state index < -0.39 is 6.10 Å². The molecule has 0 radical (unpaired) electrons. The lowest BCUT2D eigenvalue weighted by Gasteiger charge is -2.18. The molecule has 0 saturated heterocycles. The van der Waals surface area contributed by atoms with Crippen LogP contribution in [0.4, 0.5) is 0 Å². The number of ether oxygens (including phenoxy) is 3. The van der Waals surface area contributed by atoms with Gasteiger partial charge in [0.25, 0.3) is 0 Å². The summed E-state index contributed by atoms with van der Waals surface area (Å²) in [4.78, 5) is 38.0. The molecule has 0 aliphatic carbocycles. The zero-order valence-corrected chi connectivity index (χ0v) is 42.6. The summed E-state index contributed by atoms with van der Waals surface area (Å²) in [5, 5.41) is 0. The van der Waals surface area contributed by atoms with E-state index in [-0.39, 0.29) is 37.5 Å². The quantitative estimate of drug-likeness (QED) is 0.0262. The summed E-state index contributed by atoms with van der Waals surface area (Å²) in [6.07, 6.45) is 64.0. The van der Waals surface area contributed by atoms with E-state index in [1.807, 2.05) is 6.08 Å². The fraction of sp³-hybridized carbons (Fsp3) is 0.810. The van der Waals surface area contributed by atoms with Gasteiger partial charge in [0.1, 0.15) is 13.2 Å². The van der Waals surface area contributed by atoms with Crippen molar-refractivity contribution in [2.24, 2.45) is 0 Å². The molecule has 1 unspecified atom stereocenters. The number of hydrogen-bond acceptors (Lipinski definition) is 6. The Kier molecular flexibility index (Phi) is 50.8. The van der Waals surface area contributed by atoms with Crippen molar-refractivity contribution in [1.29, 1.82) is 0 Å². The summed E-state index contributed by atoms with van der Waals surface area (Å²) in [6, 6.07) is 0. The highest BCUT2D eigenvalue weighted by Gasteiger charge is 2.19. The number of allylic oxidation sites excluding steroid dienone is 8. The van der Waals surface area contributed by atoms with Crippen LogP contribution < -0.4 is 0 Å². The minimum absolute atomic E-state index is 0.0907. The van der Waals surface area contributed by atoms with E-state index in [1.165, 1.54) is 167 Å². The third-order valence-corrected chi connectivity index (χ3v) is 12.1. The minimum atomic E-state index is -0.797. The Hall–Kier alpha value is -2.63. The molecule has 6 nitrogen and oxygen atoms in total. The molecule has 0 bridgehead atoms. The molecule has 6 heteroatoms. The summed E-state index contributed by atoms with van der Waals surface area (Å²) in [5.74, 6) is -0.959. The molecule has 0 N–H and O–H groups in total. The number of carbonyl (C=O) groups excluding carboxylic acids is 3. The van der Waals surface area contributed by atoms with Crippen LogP contribution in [0, 0.1) is 0 Å². The van der Waals surface area contributed by atoms with Crippen LogP contribution in [0.15, 0.2) is 48.6 Å². The summed E-state index contributed by atoms with van der Waals surface area (Å²) >= 11 is 0. The lowest BCUT2D eigenvalue weighted by molar-refractivity contribution is -0.166. The van der Waals surface area contributed by atoms with Gasteiger partial charge in [0.2, 0.25) is 0 Å².